The third-order valence-electron chi connectivity index (χ3n) is 6.84. The monoisotopic (exact) mass is 480 g/mol. The van der Waals surface area contributed by atoms with Gasteiger partial charge in [0, 0.05) is 50.5 Å². The first-order valence-electron chi connectivity index (χ1n) is 12.3. The summed E-state index contributed by atoms with van der Waals surface area (Å²) in [5.41, 5.74) is 2.18. The Hall–Kier alpha value is -2.79. The summed E-state index contributed by atoms with van der Waals surface area (Å²) >= 11 is 0. The maximum Gasteiger partial charge on any atom is 0.162 e. The maximum absolute atomic E-state index is 15.3. The number of anilines is 2. The molecule has 10 heteroatoms. The van der Waals surface area contributed by atoms with Crippen LogP contribution in [0, 0.1) is 0 Å². The molecule has 0 radical (unpaired) electrons. The van der Waals surface area contributed by atoms with Gasteiger partial charge in [0.05, 0.1) is 11.8 Å². The quantitative estimate of drug-likeness (QED) is 0.552. The van der Waals surface area contributed by atoms with Crippen molar-refractivity contribution in [1.29, 1.82) is 0 Å². The van der Waals surface area contributed by atoms with Gasteiger partial charge in [0.25, 0.3) is 0 Å². The SMILES string of the molecule is C[C@@H](O)c1cc2cncnc2c(N(c2ccc(CN3CCN(C)CC3)cn2)C2NCCC[C@H]2F)n1. The van der Waals surface area contributed by atoms with Gasteiger partial charge < -0.3 is 10.0 Å². The van der Waals surface area contributed by atoms with Crippen molar-refractivity contribution in [2.45, 2.75) is 44.8 Å². The number of aliphatic hydroxyl groups excluding tert-OH is 1. The Kier molecular flexibility index (Phi) is 7.14. The van der Waals surface area contributed by atoms with Crippen LogP contribution >= 0.6 is 0 Å². The molecule has 3 atom stereocenters. The predicted octanol–water partition coefficient (Wildman–Crippen LogP) is 2.41. The molecular formula is C25H33FN8O. The number of halogens is 1. The lowest BCUT2D eigenvalue weighted by Gasteiger charge is -2.37. The summed E-state index contributed by atoms with van der Waals surface area (Å²) in [5, 5.41) is 14.3. The van der Waals surface area contributed by atoms with E-state index in [2.05, 4.69) is 38.2 Å². The molecule has 2 aliphatic rings. The molecule has 2 aliphatic heterocycles. The highest BCUT2D eigenvalue weighted by Gasteiger charge is 2.34. The molecule has 0 saturated carbocycles. The smallest absolute Gasteiger partial charge is 0.162 e. The van der Waals surface area contributed by atoms with Crippen LogP contribution in [-0.2, 0) is 6.54 Å². The molecule has 1 unspecified atom stereocenters. The van der Waals surface area contributed by atoms with Crippen LogP contribution in [0.5, 0.6) is 0 Å². The molecule has 2 fully saturated rings. The molecule has 0 bridgehead atoms. The van der Waals surface area contributed by atoms with E-state index in [1.54, 1.807) is 24.1 Å². The number of nitrogens with one attached hydrogen (secondary N) is 1. The molecule has 3 aromatic rings. The Morgan fingerprint density at radius 3 is 2.74 bits per heavy atom. The fourth-order valence-electron chi connectivity index (χ4n) is 4.77. The minimum absolute atomic E-state index is 0.457. The molecule has 0 amide bonds. The van der Waals surface area contributed by atoms with Gasteiger partial charge in [-0.3, -0.25) is 15.1 Å². The number of rotatable bonds is 6. The van der Waals surface area contributed by atoms with Gasteiger partial charge in [0.1, 0.15) is 30.0 Å². The fraction of sp³-hybridized carbons (Fsp3) is 0.520. The second kappa shape index (κ2) is 10.4. The van der Waals surface area contributed by atoms with E-state index in [-0.39, 0.29) is 0 Å². The van der Waals surface area contributed by atoms with Crippen molar-refractivity contribution in [3.05, 3.63) is 48.2 Å². The number of piperazine rings is 1. The largest absolute Gasteiger partial charge is 0.387 e. The van der Waals surface area contributed by atoms with E-state index in [0.29, 0.717) is 35.8 Å². The molecule has 5 rings (SSSR count). The molecule has 0 aliphatic carbocycles. The molecular weight excluding hydrogens is 447 g/mol. The number of aliphatic hydroxyl groups is 1. The average Bonchev–Trinajstić information content (AvgIpc) is 2.87. The molecule has 3 aromatic heterocycles. The number of likely N-dealkylation sites (N-methyl/N-ethyl adjacent to an activating group) is 1. The highest BCUT2D eigenvalue weighted by Crippen LogP contribution is 2.34. The van der Waals surface area contributed by atoms with E-state index in [0.717, 1.165) is 50.1 Å². The Labute approximate surface area is 205 Å². The van der Waals surface area contributed by atoms with Crippen molar-refractivity contribution in [2.75, 3.05) is 44.7 Å². The van der Waals surface area contributed by atoms with Crippen LogP contribution in [0.4, 0.5) is 16.0 Å². The molecule has 0 aromatic carbocycles. The number of nitrogens with zero attached hydrogens (tertiary/aromatic N) is 7. The number of alkyl halides is 1. The van der Waals surface area contributed by atoms with Crippen LogP contribution in [0.1, 0.15) is 37.1 Å². The van der Waals surface area contributed by atoms with Gasteiger partial charge >= 0.3 is 0 Å². The van der Waals surface area contributed by atoms with Crippen LogP contribution < -0.4 is 10.2 Å². The van der Waals surface area contributed by atoms with Crippen molar-refractivity contribution in [2.24, 2.45) is 0 Å². The third kappa shape index (κ3) is 5.25. The van der Waals surface area contributed by atoms with Crippen molar-refractivity contribution in [1.82, 2.24) is 35.1 Å². The van der Waals surface area contributed by atoms with E-state index in [1.807, 2.05) is 12.3 Å². The highest BCUT2D eigenvalue weighted by atomic mass is 19.1. The molecule has 0 spiro atoms. The second-order valence-corrected chi connectivity index (χ2v) is 9.54. The number of aromatic nitrogens is 4. The molecule has 2 saturated heterocycles. The fourth-order valence-corrected chi connectivity index (χ4v) is 4.77. The Bertz CT molecular complexity index is 1140. The van der Waals surface area contributed by atoms with E-state index in [9.17, 15) is 5.11 Å². The summed E-state index contributed by atoms with van der Waals surface area (Å²) in [6, 6.07) is 5.76. The third-order valence-corrected chi connectivity index (χ3v) is 6.84. The minimum atomic E-state index is -1.11. The lowest BCUT2D eigenvalue weighted by atomic mass is 10.1. The predicted molar refractivity (Wildman–Crippen MR) is 133 cm³/mol. The van der Waals surface area contributed by atoms with Crippen molar-refractivity contribution in [3.63, 3.8) is 0 Å². The number of hydrogen-bond acceptors (Lipinski definition) is 9. The second-order valence-electron chi connectivity index (χ2n) is 9.54. The van der Waals surface area contributed by atoms with Gasteiger partial charge in [-0.1, -0.05) is 6.07 Å². The van der Waals surface area contributed by atoms with E-state index < -0.39 is 18.4 Å². The van der Waals surface area contributed by atoms with Crippen LogP contribution in [-0.4, -0.2) is 87.0 Å². The first-order valence-corrected chi connectivity index (χ1v) is 12.3. The van der Waals surface area contributed by atoms with Crippen LogP contribution in [0.3, 0.4) is 0 Å². The van der Waals surface area contributed by atoms with E-state index in [4.69, 9.17) is 9.97 Å². The number of fused-ring (bicyclic) bond motifs is 1. The summed E-state index contributed by atoms with van der Waals surface area (Å²) in [7, 11) is 2.15. The standard InChI is InChI=1S/C25H33FN8O/c1-17(35)21-12-19-14-27-16-30-23(19)25(31-21)34(24-20(26)4-3-7-28-24)22-6-5-18(13-29-22)15-33-10-8-32(2)9-11-33/h5-6,12-14,16-17,20,24,28,35H,3-4,7-11,15H2,1-2H3/t17-,20-,24?/m1/s1. The van der Waals surface area contributed by atoms with Gasteiger partial charge in [-0.25, -0.2) is 24.3 Å². The summed E-state index contributed by atoms with van der Waals surface area (Å²) < 4.78 is 15.3. The first-order chi connectivity index (χ1) is 17.0. The molecule has 35 heavy (non-hydrogen) atoms. The first kappa shape index (κ1) is 23.9. The summed E-state index contributed by atoms with van der Waals surface area (Å²) in [6.07, 6.45) is 3.70. The zero-order chi connectivity index (χ0) is 24.4. The molecule has 186 valence electrons. The minimum Gasteiger partial charge on any atom is -0.387 e. The summed E-state index contributed by atoms with van der Waals surface area (Å²) in [5.74, 6) is 1.05. The Balaban J connectivity index is 1.53. The van der Waals surface area contributed by atoms with Crippen LogP contribution in [0.2, 0.25) is 0 Å². The van der Waals surface area contributed by atoms with Gasteiger partial charge in [-0.2, -0.15) is 0 Å². The Morgan fingerprint density at radius 2 is 2.03 bits per heavy atom. The van der Waals surface area contributed by atoms with E-state index >= 15 is 4.39 Å². The van der Waals surface area contributed by atoms with Gasteiger partial charge in [0.15, 0.2) is 5.82 Å². The van der Waals surface area contributed by atoms with Gasteiger partial charge in [-0.05, 0) is 51.1 Å². The number of hydrogen-bond donors (Lipinski definition) is 2. The molecule has 9 nitrogen and oxygen atoms in total. The zero-order valence-corrected chi connectivity index (χ0v) is 20.3. The molecule has 5 heterocycles. The van der Waals surface area contributed by atoms with Crippen molar-refractivity contribution >= 4 is 22.5 Å². The topological polar surface area (TPSA) is 93.5 Å². The lowest BCUT2D eigenvalue weighted by molar-refractivity contribution is 0.148. The molecule has 2 N–H and O–H groups in total. The van der Waals surface area contributed by atoms with Crippen LogP contribution in [0.25, 0.3) is 10.9 Å². The van der Waals surface area contributed by atoms with Crippen molar-refractivity contribution < 1.29 is 9.50 Å². The highest BCUT2D eigenvalue weighted by molar-refractivity contribution is 5.90. The van der Waals surface area contributed by atoms with Gasteiger partial charge in [0.2, 0.25) is 0 Å². The van der Waals surface area contributed by atoms with E-state index in [1.165, 1.54) is 6.33 Å². The normalized spacial score (nSPS) is 22.9. The average molecular weight is 481 g/mol. The van der Waals surface area contributed by atoms with Crippen molar-refractivity contribution in [3.8, 4) is 0 Å². The summed E-state index contributed by atoms with van der Waals surface area (Å²) in [6.45, 7) is 7.37. The lowest BCUT2D eigenvalue weighted by Crippen LogP contribution is -2.53. The van der Waals surface area contributed by atoms with Crippen LogP contribution in [0.15, 0.2) is 36.9 Å². The maximum atomic E-state index is 15.3. The summed E-state index contributed by atoms with van der Waals surface area (Å²) in [4.78, 5) is 24.7. The zero-order valence-electron chi connectivity index (χ0n) is 20.3. The Morgan fingerprint density at radius 1 is 1.20 bits per heavy atom. The number of pyridine rings is 2. The number of piperidine rings is 1. The van der Waals surface area contributed by atoms with Gasteiger partial charge in [-0.15, -0.1) is 0 Å².